The third kappa shape index (κ3) is 1.49. The second-order valence-corrected chi connectivity index (χ2v) is 2.95. The fourth-order valence-electron chi connectivity index (χ4n) is 1.39. The quantitative estimate of drug-likeness (QED) is 0.733. The van der Waals surface area contributed by atoms with Crippen LogP contribution in [0.4, 0.5) is 4.39 Å². The highest BCUT2D eigenvalue weighted by Crippen LogP contribution is 2.24. The van der Waals surface area contributed by atoms with Crippen molar-refractivity contribution >= 4 is 0 Å². The Morgan fingerprint density at radius 3 is 3.23 bits per heavy atom. The molecule has 0 radical (unpaired) electrons. The molecule has 1 aliphatic rings. The van der Waals surface area contributed by atoms with Crippen LogP contribution in [0.1, 0.15) is 11.3 Å². The summed E-state index contributed by atoms with van der Waals surface area (Å²) >= 11 is 0. The molecule has 0 amide bonds. The molecule has 1 N–H and O–H groups in total. The van der Waals surface area contributed by atoms with Gasteiger partial charge in [-0.25, -0.2) is 9.37 Å². The molecular formula is C9H10FNO2. The summed E-state index contributed by atoms with van der Waals surface area (Å²) in [6.07, 6.45) is 0.959. The van der Waals surface area contributed by atoms with Gasteiger partial charge in [-0.05, 0) is 6.07 Å². The van der Waals surface area contributed by atoms with Gasteiger partial charge in [-0.15, -0.1) is 0 Å². The van der Waals surface area contributed by atoms with E-state index < -0.39 is 0 Å². The van der Waals surface area contributed by atoms with E-state index >= 15 is 0 Å². The summed E-state index contributed by atoms with van der Waals surface area (Å²) in [5.74, 6) is 0.170. The Balaban J connectivity index is 2.37. The van der Waals surface area contributed by atoms with Crippen LogP contribution in [-0.4, -0.2) is 23.3 Å². The molecule has 1 aromatic rings. The third-order valence-corrected chi connectivity index (χ3v) is 2.05. The number of rotatable bonds is 2. The number of aliphatic hydroxyl groups is 1. The number of nitrogens with zero attached hydrogens (tertiary/aromatic N) is 1. The van der Waals surface area contributed by atoms with Crippen molar-refractivity contribution in [2.24, 2.45) is 0 Å². The van der Waals surface area contributed by atoms with Gasteiger partial charge in [-0.1, -0.05) is 0 Å². The van der Waals surface area contributed by atoms with Crippen molar-refractivity contribution in [3.05, 3.63) is 23.1 Å². The van der Waals surface area contributed by atoms with Crippen LogP contribution in [-0.2, 0) is 12.8 Å². The molecule has 1 aliphatic heterocycles. The van der Waals surface area contributed by atoms with Crippen LogP contribution in [0.3, 0.4) is 0 Å². The lowest BCUT2D eigenvalue weighted by atomic mass is 10.2. The molecule has 13 heavy (non-hydrogen) atoms. The molecule has 70 valence electrons. The van der Waals surface area contributed by atoms with Gasteiger partial charge < -0.3 is 9.84 Å². The van der Waals surface area contributed by atoms with Gasteiger partial charge >= 0.3 is 0 Å². The highest BCUT2D eigenvalue weighted by atomic mass is 19.1. The van der Waals surface area contributed by atoms with E-state index in [1.54, 1.807) is 0 Å². The van der Waals surface area contributed by atoms with E-state index in [-0.39, 0.29) is 24.5 Å². The molecule has 0 atom stereocenters. The Morgan fingerprint density at radius 1 is 1.62 bits per heavy atom. The van der Waals surface area contributed by atoms with Crippen LogP contribution in [0.25, 0.3) is 0 Å². The predicted octanol–water partition coefficient (Wildman–Crippen LogP) is 0.690. The monoisotopic (exact) mass is 183 g/mol. The third-order valence-electron chi connectivity index (χ3n) is 2.05. The number of halogens is 1. The van der Waals surface area contributed by atoms with Gasteiger partial charge in [-0.2, -0.15) is 0 Å². The fourth-order valence-corrected chi connectivity index (χ4v) is 1.39. The molecule has 0 unspecified atom stereocenters. The zero-order valence-corrected chi connectivity index (χ0v) is 7.09. The first kappa shape index (κ1) is 8.44. The normalized spacial score (nSPS) is 14.0. The molecule has 0 saturated heterocycles. The maximum atomic E-state index is 13.2. The standard InChI is InChI=1S/C9H10FNO2/c10-7-5-6-2-4-13-9(6)11-8(7)1-3-12/h5,12H,1-4H2. The minimum absolute atomic E-state index is 0.0945. The average molecular weight is 183 g/mol. The average Bonchev–Trinajstić information content (AvgIpc) is 2.52. The number of fused-ring (bicyclic) bond motifs is 1. The first-order valence-electron chi connectivity index (χ1n) is 4.23. The summed E-state index contributed by atoms with van der Waals surface area (Å²) < 4.78 is 18.4. The largest absolute Gasteiger partial charge is 0.477 e. The van der Waals surface area contributed by atoms with E-state index in [0.717, 1.165) is 12.0 Å². The summed E-state index contributed by atoms with van der Waals surface area (Å²) in [5.41, 5.74) is 1.10. The lowest BCUT2D eigenvalue weighted by molar-refractivity contribution is 0.294. The predicted molar refractivity (Wildman–Crippen MR) is 44.2 cm³/mol. The van der Waals surface area contributed by atoms with Crippen LogP contribution >= 0.6 is 0 Å². The number of hydrogen-bond donors (Lipinski definition) is 1. The minimum atomic E-state index is -0.349. The van der Waals surface area contributed by atoms with Crippen molar-refractivity contribution in [3.63, 3.8) is 0 Å². The Bertz CT molecular complexity index is 328. The molecular weight excluding hydrogens is 173 g/mol. The van der Waals surface area contributed by atoms with Crippen LogP contribution < -0.4 is 4.74 Å². The zero-order valence-electron chi connectivity index (χ0n) is 7.09. The molecule has 0 spiro atoms. The molecule has 1 aromatic heterocycles. The second kappa shape index (κ2) is 3.30. The van der Waals surface area contributed by atoms with Gasteiger partial charge in [0.25, 0.3) is 0 Å². The van der Waals surface area contributed by atoms with Crippen LogP contribution in [0, 0.1) is 5.82 Å². The van der Waals surface area contributed by atoms with Crippen molar-refractivity contribution in [1.82, 2.24) is 4.98 Å². The Kier molecular flexibility index (Phi) is 2.14. The summed E-state index contributed by atoms with van der Waals surface area (Å²) in [7, 11) is 0. The van der Waals surface area contributed by atoms with Crippen LogP contribution in [0.2, 0.25) is 0 Å². The molecule has 2 rings (SSSR count). The Morgan fingerprint density at radius 2 is 2.46 bits per heavy atom. The maximum absolute atomic E-state index is 13.2. The van der Waals surface area contributed by atoms with Crippen molar-refractivity contribution in [1.29, 1.82) is 0 Å². The molecule has 0 bridgehead atoms. The minimum Gasteiger partial charge on any atom is -0.477 e. The van der Waals surface area contributed by atoms with E-state index in [2.05, 4.69) is 4.98 Å². The molecule has 0 aromatic carbocycles. The lowest BCUT2D eigenvalue weighted by Gasteiger charge is -2.03. The van der Waals surface area contributed by atoms with Gasteiger partial charge in [0.2, 0.25) is 5.88 Å². The number of pyridine rings is 1. The Labute approximate surface area is 75.2 Å². The molecule has 3 nitrogen and oxygen atoms in total. The molecule has 0 fully saturated rings. The van der Waals surface area contributed by atoms with E-state index in [1.165, 1.54) is 6.07 Å². The summed E-state index contributed by atoms with van der Waals surface area (Å²) in [4.78, 5) is 3.99. The summed E-state index contributed by atoms with van der Waals surface area (Å²) in [6.45, 7) is 0.479. The molecule has 0 aliphatic carbocycles. The number of ether oxygens (including phenoxy) is 1. The van der Waals surface area contributed by atoms with E-state index in [4.69, 9.17) is 9.84 Å². The highest BCUT2D eigenvalue weighted by Gasteiger charge is 2.17. The van der Waals surface area contributed by atoms with E-state index in [1.807, 2.05) is 0 Å². The molecule has 4 heteroatoms. The van der Waals surface area contributed by atoms with Gasteiger partial charge in [0.15, 0.2) is 0 Å². The van der Waals surface area contributed by atoms with Crippen molar-refractivity contribution < 1.29 is 14.2 Å². The number of hydrogen-bond acceptors (Lipinski definition) is 3. The second-order valence-electron chi connectivity index (χ2n) is 2.95. The zero-order chi connectivity index (χ0) is 9.26. The first-order valence-corrected chi connectivity index (χ1v) is 4.23. The topological polar surface area (TPSA) is 42.4 Å². The summed E-state index contributed by atoms with van der Waals surface area (Å²) in [5, 5.41) is 8.65. The van der Waals surface area contributed by atoms with Crippen molar-refractivity contribution in [3.8, 4) is 5.88 Å². The van der Waals surface area contributed by atoms with Gasteiger partial charge in [0.05, 0.1) is 12.3 Å². The Hall–Kier alpha value is -1.16. The van der Waals surface area contributed by atoms with Crippen LogP contribution in [0.5, 0.6) is 5.88 Å². The van der Waals surface area contributed by atoms with E-state index in [0.29, 0.717) is 12.5 Å². The first-order chi connectivity index (χ1) is 6.31. The maximum Gasteiger partial charge on any atom is 0.217 e. The highest BCUT2D eigenvalue weighted by molar-refractivity contribution is 5.32. The number of aliphatic hydroxyl groups excluding tert-OH is 1. The summed E-state index contributed by atoms with van der Waals surface area (Å²) in [6, 6.07) is 1.44. The van der Waals surface area contributed by atoms with Crippen molar-refractivity contribution in [2.45, 2.75) is 12.8 Å². The fraction of sp³-hybridized carbons (Fsp3) is 0.444. The number of aromatic nitrogens is 1. The van der Waals surface area contributed by atoms with Crippen molar-refractivity contribution in [2.75, 3.05) is 13.2 Å². The van der Waals surface area contributed by atoms with Gasteiger partial charge in [0, 0.05) is 25.0 Å². The molecule has 2 heterocycles. The SMILES string of the molecule is OCCc1nc2c(cc1F)CCO2. The lowest BCUT2D eigenvalue weighted by Crippen LogP contribution is -2.00. The van der Waals surface area contributed by atoms with Gasteiger partial charge in [-0.3, -0.25) is 0 Å². The van der Waals surface area contributed by atoms with Gasteiger partial charge in [0.1, 0.15) is 5.82 Å². The molecule has 0 saturated carbocycles. The smallest absolute Gasteiger partial charge is 0.217 e. The van der Waals surface area contributed by atoms with E-state index in [9.17, 15) is 4.39 Å². The van der Waals surface area contributed by atoms with Crippen LogP contribution in [0.15, 0.2) is 6.07 Å².